The van der Waals surface area contributed by atoms with E-state index in [-0.39, 0.29) is 24.9 Å². The second kappa shape index (κ2) is 6.68. The molecule has 0 saturated carbocycles. The second-order valence-electron chi connectivity index (χ2n) is 4.38. The van der Waals surface area contributed by atoms with Gasteiger partial charge < -0.3 is 10.4 Å². The summed E-state index contributed by atoms with van der Waals surface area (Å²) in [7, 11) is 0. The molecule has 0 fully saturated rings. The van der Waals surface area contributed by atoms with Crippen LogP contribution >= 0.6 is 22.9 Å². The second-order valence-corrected chi connectivity index (χ2v) is 6.13. The van der Waals surface area contributed by atoms with Crippen molar-refractivity contribution < 1.29 is 14.7 Å². The average Bonchev–Trinajstić information content (AvgIpc) is 3.03. The molecule has 2 rings (SSSR count). The minimum absolute atomic E-state index is 0.152. The number of carboxylic acids is 1. The Morgan fingerprint density at radius 1 is 1.52 bits per heavy atom. The fourth-order valence-corrected chi connectivity index (χ4v) is 2.77. The largest absolute Gasteiger partial charge is 0.480 e. The minimum atomic E-state index is -1.00. The summed E-state index contributed by atoms with van der Waals surface area (Å²) in [4.78, 5) is 23.4. The Labute approximate surface area is 129 Å². The Balaban J connectivity index is 1.88. The number of nitrogens with one attached hydrogen (secondary N) is 1. The molecule has 0 bridgehead atoms. The van der Waals surface area contributed by atoms with Crippen LogP contribution in [0.3, 0.4) is 0 Å². The van der Waals surface area contributed by atoms with Gasteiger partial charge in [0, 0.05) is 4.88 Å². The summed E-state index contributed by atoms with van der Waals surface area (Å²) in [5, 5.41) is 18.8. The molecule has 2 heterocycles. The topological polar surface area (TPSA) is 97.1 Å². The average molecular weight is 329 g/mol. The molecule has 0 aromatic carbocycles. The van der Waals surface area contributed by atoms with Gasteiger partial charge >= 0.3 is 5.97 Å². The highest BCUT2D eigenvalue weighted by Gasteiger charge is 2.17. The third-order valence-electron chi connectivity index (χ3n) is 2.74. The van der Waals surface area contributed by atoms with Crippen LogP contribution in [0.25, 0.3) is 0 Å². The molecule has 1 atom stereocenters. The molecule has 21 heavy (non-hydrogen) atoms. The van der Waals surface area contributed by atoms with Crippen LogP contribution in [0, 0.1) is 0 Å². The number of rotatable bonds is 6. The Bertz CT molecular complexity index is 654. The number of carbonyl (C=O) groups is 2. The zero-order valence-electron chi connectivity index (χ0n) is 11.1. The summed E-state index contributed by atoms with van der Waals surface area (Å²) in [6, 6.07) is 3.57. The molecule has 0 aliphatic carbocycles. The van der Waals surface area contributed by atoms with Gasteiger partial charge in [0.05, 0.1) is 23.0 Å². The lowest BCUT2D eigenvalue weighted by atomic mass is 10.1. The molecule has 0 saturated heterocycles. The van der Waals surface area contributed by atoms with Crippen molar-refractivity contribution in [1.82, 2.24) is 20.3 Å². The zero-order valence-corrected chi connectivity index (χ0v) is 12.7. The number of nitrogens with zero attached hydrogens (tertiary/aromatic N) is 3. The van der Waals surface area contributed by atoms with Gasteiger partial charge in [-0.1, -0.05) is 16.8 Å². The van der Waals surface area contributed by atoms with E-state index in [2.05, 4.69) is 15.6 Å². The predicted molar refractivity (Wildman–Crippen MR) is 77.2 cm³/mol. The molecular weight excluding hydrogens is 316 g/mol. The maximum absolute atomic E-state index is 12.0. The smallest absolute Gasteiger partial charge is 0.325 e. The van der Waals surface area contributed by atoms with Crippen LogP contribution < -0.4 is 5.32 Å². The number of aliphatic carboxylic acids is 1. The van der Waals surface area contributed by atoms with Gasteiger partial charge in [0.1, 0.15) is 12.2 Å². The van der Waals surface area contributed by atoms with Crippen molar-refractivity contribution in [3.05, 3.63) is 33.2 Å². The van der Waals surface area contributed by atoms with Crippen LogP contribution in [-0.2, 0) is 22.7 Å². The van der Waals surface area contributed by atoms with Crippen molar-refractivity contribution in [1.29, 1.82) is 0 Å². The SMILES string of the molecule is CC(C(=O)NCc1cn(CC(=O)O)nn1)c1ccc(Cl)s1. The van der Waals surface area contributed by atoms with Gasteiger partial charge in [-0.15, -0.1) is 16.4 Å². The number of aromatic nitrogens is 3. The Morgan fingerprint density at radius 2 is 2.29 bits per heavy atom. The number of hydrogen-bond acceptors (Lipinski definition) is 5. The molecule has 0 radical (unpaired) electrons. The molecule has 1 amide bonds. The lowest BCUT2D eigenvalue weighted by Crippen LogP contribution is -2.27. The molecule has 0 aliphatic heterocycles. The van der Waals surface area contributed by atoms with Gasteiger partial charge in [-0.25, -0.2) is 4.68 Å². The van der Waals surface area contributed by atoms with E-state index in [1.54, 1.807) is 13.0 Å². The highest BCUT2D eigenvalue weighted by molar-refractivity contribution is 7.16. The van der Waals surface area contributed by atoms with E-state index in [1.165, 1.54) is 22.2 Å². The summed E-state index contributed by atoms with van der Waals surface area (Å²) < 4.78 is 1.84. The summed E-state index contributed by atoms with van der Waals surface area (Å²) in [6.45, 7) is 1.73. The quantitative estimate of drug-likeness (QED) is 0.837. The van der Waals surface area contributed by atoms with Gasteiger partial charge in [0.25, 0.3) is 0 Å². The lowest BCUT2D eigenvalue weighted by Gasteiger charge is -2.09. The fourth-order valence-electron chi connectivity index (χ4n) is 1.66. The van der Waals surface area contributed by atoms with E-state index in [9.17, 15) is 9.59 Å². The fraction of sp³-hybridized carbons (Fsp3) is 0.333. The highest BCUT2D eigenvalue weighted by atomic mass is 35.5. The molecular formula is C12H13ClN4O3S. The van der Waals surface area contributed by atoms with E-state index in [1.807, 2.05) is 6.07 Å². The van der Waals surface area contributed by atoms with E-state index in [0.29, 0.717) is 10.0 Å². The van der Waals surface area contributed by atoms with Crippen LogP contribution in [0.2, 0.25) is 4.34 Å². The van der Waals surface area contributed by atoms with E-state index >= 15 is 0 Å². The summed E-state index contributed by atoms with van der Waals surface area (Å²) in [5.74, 6) is -1.46. The Hall–Kier alpha value is -1.93. The molecule has 2 aromatic heterocycles. The Kier molecular flexibility index (Phi) is 4.92. The van der Waals surface area contributed by atoms with Gasteiger partial charge in [-0.3, -0.25) is 9.59 Å². The van der Waals surface area contributed by atoms with E-state index < -0.39 is 5.97 Å². The van der Waals surface area contributed by atoms with Crippen LogP contribution in [0.4, 0.5) is 0 Å². The van der Waals surface area contributed by atoms with Crippen molar-refractivity contribution in [2.75, 3.05) is 0 Å². The summed E-state index contributed by atoms with van der Waals surface area (Å²) >= 11 is 7.21. The number of carboxylic acid groups (broad SMARTS) is 1. The van der Waals surface area contributed by atoms with Crippen molar-refractivity contribution in [3.63, 3.8) is 0 Å². The lowest BCUT2D eigenvalue weighted by molar-refractivity contribution is -0.138. The number of thiophene rings is 1. The number of halogens is 1. The molecule has 9 heteroatoms. The number of carbonyl (C=O) groups excluding carboxylic acids is 1. The van der Waals surface area contributed by atoms with Crippen LogP contribution in [0.15, 0.2) is 18.3 Å². The van der Waals surface area contributed by atoms with Crippen molar-refractivity contribution in [2.24, 2.45) is 0 Å². The third-order valence-corrected chi connectivity index (χ3v) is 4.16. The number of hydrogen-bond donors (Lipinski definition) is 2. The molecule has 112 valence electrons. The molecule has 2 N–H and O–H groups in total. The molecule has 2 aromatic rings. The number of amides is 1. The minimum Gasteiger partial charge on any atom is -0.480 e. The standard InChI is InChI=1S/C12H13ClN4O3S/c1-7(9-2-3-10(13)21-9)12(20)14-4-8-5-17(16-15-8)6-11(18)19/h2-3,5,7H,4,6H2,1H3,(H,14,20)(H,18,19). The summed E-state index contributed by atoms with van der Waals surface area (Å²) in [6.07, 6.45) is 1.49. The monoisotopic (exact) mass is 328 g/mol. The van der Waals surface area contributed by atoms with Crippen LogP contribution in [-0.4, -0.2) is 32.0 Å². The zero-order chi connectivity index (χ0) is 15.4. The van der Waals surface area contributed by atoms with Crippen LogP contribution in [0.5, 0.6) is 0 Å². The van der Waals surface area contributed by atoms with Crippen LogP contribution in [0.1, 0.15) is 23.4 Å². The third kappa shape index (κ3) is 4.27. The first-order chi connectivity index (χ1) is 9.95. The van der Waals surface area contributed by atoms with E-state index in [4.69, 9.17) is 16.7 Å². The normalized spacial score (nSPS) is 12.1. The molecule has 0 aliphatic rings. The van der Waals surface area contributed by atoms with E-state index in [0.717, 1.165) is 4.88 Å². The predicted octanol–water partition coefficient (Wildman–Crippen LogP) is 1.50. The Morgan fingerprint density at radius 3 is 2.90 bits per heavy atom. The first-order valence-electron chi connectivity index (χ1n) is 6.09. The molecule has 7 nitrogen and oxygen atoms in total. The highest BCUT2D eigenvalue weighted by Crippen LogP contribution is 2.28. The first kappa shape index (κ1) is 15.5. The van der Waals surface area contributed by atoms with Gasteiger partial charge in [-0.2, -0.15) is 0 Å². The maximum Gasteiger partial charge on any atom is 0.325 e. The first-order valence-corrected chi connectivity index (χ1v) is 7.29. The maximum atomic E-state index is 12.0. The van der Waals surface area contributed by atoms with Crippen molar-refractivity contribution in [2.45, 2.75) is 25.9 Å². The molecule has 0 spiro atoms. The van der Waals surface area contributed by atoms with Gasteiger partial charge in [0.2, 0.25) is 5.91 Å². The summed E-state index contributed by atoms with van der Waals surface area (Å²) in [5.41, 5.74) is 0.501. The van der Waals surface area contributed by atoms with Gasteiger partial charge in [0.15, 0.2) is 0 Å². The van der Waals surface area contributed by atoms with Crippen molar-refractivity contribution in [3.8, 4) is 0 Å². The molecule has 1 unspecified atom stereocenters. The van der Waals surface area contributed by atoms with Gasteiger partial charge in [-0.05, 0) is 19.1 Å². The van der Waals surface area contributed by atoms with Crippen molar-refractivity contribution >= 4 is 34.8 Å².